The molecular formula is C14H17N3O4. The highest BCUT2D eigenvalue weighted by atomic mass is 16.3. The Morgan fingerprint density at radius 1 is 1.43 bits per heavy atom. The van der Waals surface area contributed by atoms with E-state index < -0.39 is 11.8 Å². The van der Waals surface area contributed by atoms with E-state index in [1.807, 2.05) is 0 Å². The van der Waals surface area contributed by atoms with Crippen LogP contribution in [0.1, 0.15) is 24.2 Å². The van der Waals surface area contributed by atoms with Crippen molar-refractivity contribution < 1.29 is 9.90 Å². The van der Waals surface area contributed by atoms with E-state index in [2.05, 4.69) is 10.3 Å². The van der Waals surface area contributed by atoms with Crippen LogP contribution in [-0.2, 0) is 6.54 Å². The normalized spacial score (nSPS) is 12.3. The lowest BCUT2D eigenvalue weighted by atomic mass is 10.1. The highest BCUT2D eigenvalue weighted by molar-refractivity contribution is 5.97. The van der Waals surface area contributed by atoms with Gasteiger partial charge < -0.3 is 15.4 Å². The van der Waals surface area contributed by atoms with Gasteiger partial charge in [0.05, 0.1) is 17.0 Å². The number of aromatic nitrogens is 2. The molecule has 1 heterocycles. The zero-order valence-electron chi connectivity index (χ0n) is 11.8. The van der Waals surface area contributed by atoms with Gasteiger partial charge in [-0.15, -0.1) is 0 Å². The Kier molecular flexibility index (Phi) is 4.23. The molecule has 1 unspecified atom stereocenters. The van der Waals surface area contributed by atoms with Crippen molar-refractivity contribution in [2.45, 2.75) is 26.5 Å². The summed E-state index contributed by atoms with van der Waals surface area (Å²) in [5.41, 5.74) is -0.254. The maximum absolute atomic E-state index is 12.1. The minimum atomic E-state index is -0.647. The van der Waals surface area contributed by atoms with Gasteiger partial charge in [0.1, 0.15) is 0 Å². The highest BCUT2D eigenvalue weighted by Gasteiger charge is 2.11. The summed E-state index contributed by atoms with van der Waals surface area (Å²) in [6.07, 6.45) is -0.647. The van der Waals surface area contributed by atoms with E-state index >= 15 is 0 Å². The summed E-state index contributed by atoms with van der Waals surface area (Å²) >= 11 is 0. The molecule has 1 amide bonds. The standard InChI is InChI=1S/C14H17N3O4/c1-3-17-13(20)10-5-4-9(6-11(10)16-14(17)21)12(19)15-7-8(2)18/h4-6,8,18H,3,7H2,1-2H3,(H,15,19)(H,16,21). The van der Waals surface area contributed by atoms with Crippen molar-refractivity contribution >= 4 is 16.8 Å². The van der Waals surface area contributed by atoms with Gasteiger partial charge in [0.15, 0.2) is 0 Å². The molecule has 7 nitrogen and oxygen atoms in total. The van der Waals surface area contributed by atoms with Crippen LogP contribution in [0.2, 0.25) is 0 Å². The fourth-order valence-corrected chi connectivity index (χ4v) is 2.03. The molecular weight excluding hydrogens is 274 g/mol. The molecule has 0 aliphatic heterocycles. The molecule has 1 aromatic heterocycles. The molecule has 2 rings (SSSR count). The Bertz CT molecular complexity index is 789. The van der Waals surface area contributed by atoms with E-state index in [1.54, 1.807) is 13.8 Å². The minimum Gasteiger partial charge on any atom is -0.392 e. The second-order valence-electron chi connectivity index (χ2n) is 4.80. The van der Waals surface area contributed by atoms with Gasteiger partial charge in [-0.05, 0) is 32.0 Å². The van der Waals surface area contributed by atoms with Crippen LogP contribution in [0.15, 0.2) is 27.8 Å². The largest absolute Gasteiger partial charge is 0.392 e. The van der Waals surface area contributed by atoms with E-state index in [0.29, 0.717) is 16.5 Å². The number of aromatic amines is 1. The number of carbonyl (C=O) groups is 1. The van der Waals surface area contributed by atoms with Crippen LogP contribution in [0.4, 0.5) is 0 Å². The van der Waals surface area contributed by atoms with Crippen molar-refractivity contribution in [2.75, 3.05) is 6.54 Å². The zero-order chi connectivity index (χ0) is 15.6. The number of H-pyrrole nitrogens is 1. The number of nitrogens with zero attached hydrogens (tertiary/aromatic N) is 1. The Morgan fingerprint density at radius 2 is 2.14 bits per heavy atom. The number of fused-ring (bicyclic) bond motifs is 1. The third-order valence-electron chi connectivity index (χ3n) is 3.12. The van der Waals surface area contributed by atoms with Crippen molar-refractivity contribution in [2.24, 2.45) is 0 Å². The molecule has 112 valence electrons. The van der Waals surface area contributed by atoms with Gasteiger partial charge >= 0.3 is 5.69 Å². The number of aliphatic hydroxyl groups excluding tert-OH is 1. The SMILES string of the molecule is CCn1c(=O)[nH]c2cc(C(=O)NCC(C)O)ccc2c1=O. The first-order valence-corrected chi connectivity index (χ1v) is 6.67. The van der Waals surface area contributed by atoms with Crippen LogP contribution in [0.25, 0.3) is 10.9 Å². The van der Waals surface area contributed by atoms with Gasteiger partial charge in [-0.1, -0.05) is 0 Å². The summed E-state index contributed by atoms with van der Waals surface area (Å²) in [4.78, 5) is 38.3. The summed E-state index contributed by atoms with van der Waals surface area (Å²) in [6.45, 7) is 3.68. The van der Waals surface area contributed by atoms with Gasteiger partial charge in [-0.3, -0.25) is 14.2 Å². The number of carbonyl (C=O) groups excluding carboxylic acids is 1. The van der Waals surface area contributed by atoms with Gasteiger partial charge in [0, 0.05) is 18.7 Å². The fraction of sp³-hybridized carbons (Fsp3) is 0.357. The lowest BCUT2D eigenvalue weighted by Gasteiger charge is -2.08. The topological polar surface area (TPSA) is 104 Å². The number of aliphatic hydroxyl groups is 1. The number of hydrogen-bond acceptors (Lipinski definition) is 4. The molecule has 0 aliphatic carbocycles. The lowest BCUT2D eigenvalue weighted by molar-refractivity contribution is 0.0924. The molecule has 0 saturated carbocycles. The Labute approximate surface area is 120 Å². The van der Waals surface area contributed by atoms with E-state index in [0.717, 1.165) is 4.57 Å². The van der Waals surface area contributed by atoms with E-state index in [4.69, 9.17) is 5.11 Å². The average molecular weight is 291 g/mol. The van der Waals surface area contributed by atoms with Crippen molar-refractivity contribution in [3.05, 3.63) is 44.6 Å². The van der Waals surface area contributed by atoms with Gasteiger partial charge in [0.2, 0.25) is 0 Å². The van der Waals surface area contributed by atoms with Crippen LogP contribution in [0.3, 0.4) is 0 Å². The first kappa shape index (κ1) is 15.0. The van der Waals surface area contributed by atoms with Crippen LogP contribution < -0.4 is 16.6 Å². The number of rotatable bonds is 4. The van der Waals surface area contributed by atoms with E-state index in [-0.39, 0.29) is 24.6 Å². The Hall–Kier alpha value is -2.41. The Morgan fingerprint density at radius 3 is 2.76 bits per heavy atom. The predicted octanol–water partition coefficient (Wildman–Crippen LogP) is -0.180. The molecule has 1 aromatic carbocycles. The van der Waals surface area contributed by atoms with Crippen LogP contribution in [0.5, 0.6) is 0 Å². The number of benzene rings is 1. The molecule has 2 aromatic rings. The van der Waals surface area contributed by atoms with E-state index in [9.17, 15) is 14.4 Å². The summed E-state index contributed by atoms with van der Waals surface area (Å²) < 4.78 is 1.09. The van der Waals surface area contributed by atoms with Gasteiger partial charge in [-0.2, -0.15) is 0 Å². The molecule has 0 spiro atoms. The smallest absolute Gasteiger partial charge is 0.328 e. The molecule has 0 bridgehead atoms. The molecule has 3 N–H and O–H groups in total. The quantitative estimate of drug-likeness (QED) is 0.727. The van der Waals surface area contributed by atoms with Gasteiger partial charge in [-0.25, -0.2) is 4.79 Å². The number of nitrogens with one attached hydrogen (secondary N) is 2. The molecule has 7 heteroatoms. The zero-order valence-corrected chi connectivity index (χ0v) is 11.8. The highest BCUT2D eigenvalue weighted by Crippen LogP contribution is 2.09. The van der Waals surface area contributed by atoms with Crippen LogP contribution in [-0.4, -0.2) is 33.2 Å². The third kappa shape index (κ3) is 3.03. The second kappa shape index (κ2) is 5.92. The number of hydrogen-bond donors (Lipinski definition) is 3. The number of amides is 1. The molecule has 0 saturated heterocycles. The maximum Gasteiger partial charge on any atom is 0.328 e. The molecule has 0 fully saturated rings. The molecule has 1 atom stereocenters. The summed E-state index contributed by atoms with van der Waals surface area (Å²) in [5.74, 6) is -0.377. The lowest BCUT2D eigenvalue weighted by Crippen LogP contribution is -2.34. The molecule has 0 aliphatic rings. The second-order valence-corrected chi connectivity index (χ2v) is 4.80. The van der Waals surface area contributed by atoms with Gasteiger partial charge in [0.25, 0.3) is 11.5 Å². The third-order valence-corrected chi connectivity index (χ3v) is 3.12. The van der Waals surface area contributed by atoms with Crippen molar-refractivity contribution in [1.82, 2.24) is 14.9 Å². The van der Waals surface area contributed by atoms with Crippen molar-refractivity contribution in [3.8, 4) is 0 Å². The average Bonchev–Trinajstić information content (AvgIpc) is 2.44. The summed E-state index contributed by atoms with van der Waals surface area (Å²) in [5, 5.41) is 12.0. The first-order chi connectivity index (χ1) is 9.93. The first-order valence-electron chi connectivity index (χ1n) is 6.67. The molecule has 0 radical (unpaired) electrons. The monoisotopic (exact) mass is 291 g/mol. The Balaban J connectivity index is 2.46. The predicted molar refractivity (Wildman–Crippen MR) is 78.5 cm³/mol. The van der Waals surface area contributed by atoms with E-state index in [1.165, 1.54) is 18.2 Å². The van der Waals surface area contributed by atoms with Crippen molar-refractivity contribution in [1.29, 1.82) is 0 Å². The molecule has 21 heavy (non-hydrogen) atoms. The summed E-state index contributed by atoms with van der Waals surface area (Å²) in [6, 6.07) is 4.48. The fourth-order valence-electron chi connectivity index (χ4n) is 2.03. The van der Waals surface area contributed by atoms with Crippen LogP contribution >= 0.6 is 0 Å². The van der Waals surface area contributed by atoms with Crippen LogP contribution in [0, 0.1) is 0 Å². The van der Waals surface area contributed by atoms with Crippen molar-refractivity contribution in [3.63, 3.8) is 0 Å². The maximum atomic E-state index is 12.1. The summed E-state index contributed by atoms with van der Waals surface area (Å²) in [7, 11) is 0. The minimum absolute atomic E-state index is 0.130.